The van der Waals surface area contributed by atoms with E-state index in [4.69, 9.17) is 0 Å². The van der Waals surface area contributed by atoms with E-state index in [9.17, 15) is 4.79 Å². The number of hydrogen-bond acceptors (Lipinski definition) is 4. The van der Waals surface area contributed by atoms with E-state index in [1.807, 2.05) is 4.90 Å². The molecule has 118 valence electrons. The first kappa shape index (κ1) is 15.9. The Balaban J connectivity index is 2.04. The second-order valence-corrected chi connectivity index (χ2v) is 6.25. The Hall–Kier alpha value is -1.43. The summed E-state index contributed by atoms with van der Waals surface area (Å²) in [6.45, 7) is 8.88. The predicted molar refractivity (Wildman–Crippen MR) is 82.1 cm³/mol. The lowest BCUT2D eigenvalue weighted by Gasteiger charge is -2.26. The second-order valence-electron chi connectivity index (χ2n) is 6.25. The standard InChI is InChI=1S/C15H27N5O/c1-4-6-13-17-14(19-18-13)15(21)20(9-11(2)3)10-12-7-5-8-16-12/h11-12,16H,4-10H2,1-3H3,(H,17,18,19). The summed E-state index contributed by atoms with van der Waals surface area (Å²) < 4.78 is 0. The molecule has 0 aromatic carbocycles. The molecule has 1 saturated heterocycles. The van der Waals surface area contributed by atoms with Gasteiger partial charge in [-0.05, 0) is 31.7 Å². The minimum absolute atomic E-state index is 0.0593. The Bertz CT molecular complexity index is 451. The van der Waals surface area contributed by atoms with Crippen molar-refractivity contribution in [1.29, 1.82) is 0 Å². The molecule has 0 saturated carbocycles. The van der Waals surface area contributed by atoms with Crippen molar-refractivity contribution in [1.82, 2.24) is 25.4 Å². The molecule has 1 aromatic rings. The van der Waals surface area contributed by atoms with Crippen molar-refractivity contribution in [2.75, 3.05) is 19.6 Å². The number of carbonyl (C=O) groups excluding carboxylic acids is 1. The van der Waals surface area contributed by atoms with Gasteiger partial charge in [0, 0.05) is 25.6 Å². The fourth-order valence-electron chi connectivity index (χ4n) is 2.74. The van der Waals surface area contributed by atoms with E-state index in [0.717, 1.165) is 44.7 Å². The molecule has 0 spiro atoms. The lowest BCUT2D eigenvalue weighted by molar-refractivity contribution is 0.0709. The fourth-order valence-corrected chi connectivity index (χ4v) is 2.74. The van der Waals surface area contributed by atoms with Gasteiger partial charge in [-0.15, -0.1) is 5.10 Å². The molecule has 2 N–H and O–H groups in total. The van der Waals surface area contributed by atoms with Crippen LogP contribution in [0.3, 0.4) is 0 Å². The zero-order chi connectivity index (χ0) is 15.2. The van der Waals surface area contributed by atoms with Gasteiger partial charge in [-0.3, -0.25) is 9.89 Å². The monoisotopic (exact) mass is 293 g/mol. The van der Waals surface area contributed by atoms with Crippen LogP contribution in [-0.4, -0.2) is 51.7 Å². The number of hydrogen-bond donors (Lipinski definition) is 2. The highest BCUT2D eigenvalue weighted by Gasteiger charge is 2.25. The molecule has 2 heterocycles. The Morgan fingerprint density at radius 3 is 2.90 bits per heavy atom. The number of carbonyl (C=O) groups is 1. The van der Waals surface area contributed by atoms with Crippen LogP contribution < -0.4 is 5.32 Å². The molecule has 0 aliphatic carbocycles. The zero-order valence-corrected chi connectivity index (χ0v) is 13.4. The van der Waals surface area contributed by atoms with Crippen molar-refractivity contribution in [2.45, 2.75) is 52.5 Å². The third kappa shape index (κ3) is 4.52. The number of nitrogens with one attached hydrogen (secondary N) is 2. The van der Waals surface area contributed by atoms with Gasteiger partial charge < -0.3 is 10.2 Å². The largest absolute Gasteiger partial charge is 0.334 e. The van der Waals surface area contributed by atoms with Crippen LogP contribution in [0.5, 0.6) is 0 Å². The third-order valence-corrected chi connectivity index (χ3v) is 3.69. The van der Waals surface area contributed by atoms with E-state index in [-0.39, 0.29) is 5.91 Å². The number of rotatable bonds is 7. The highest BCUT2D eigenvalue weighted by molar-refractivity contribution is 5.90. The van der Waals surface area contributed by atoms with E-state index in [1.54, 1.807) is 0 Å². The van der Waals surface area contributed by atoms with Crippen LogP contribution in [0.1, 0.15) is 56.5 Å². The summed E-state index contributed by atoms with van der Waals surface area (Å²) in [5.41, 5.74) is 0. The van der Waals surface area contributed by atoms with E-state index >= 15 is 0 Å². The summed E-state index contributed by atoms with van der Waals surface area (Å²) in [6.07, 6.45) is 4.14. The first-order chi connectivity index (χ1) is 10.1. The molecule has 1 aliphatic heterocycles. The van der Waals surface area contributed by atoms with E-state index in [2.05, 4.69) is 41.3 Å². The zero-order valence-electron chi connectivity index (χ0n) is 13.4. The molecular weight excluding hydrogens is 266 g/mol. The minimum atomic E-state index is -0.0593. The predicted octanol–water partition coefficient (Wildman–Crippen LogP) is 1.61. The van der Waals surface area contributed by atoms with Gasteiger partial charge in [-0.25, -0.2) is 4.98 Å². The molecule has 0 radical (unpaired) electrons. The molecule has 21 heavy (non-hydrogen) atoms. The van der Waals surface area contributed by atoms with Gasteiger partial charge in [0.1, 0.15) is 5.82 Å². The van der Waals surface area contributed by atoms with Crippen LogP contribution in [0.2, 0.25) is 0 Å². The maximum absolute atomic E-state index is 12.6. The van der Waals surface area contributed by atoms with Gasteiger partial charge in [-0.2, -0.15) is 0 Å². The van der Waals surface area contributed by atoms with Crippen molar-refractivity contribution < 1.29 is 4.79 Å². The van der Waals surface area contributed by atoms with Gasteiger partial charge in [0.2, 0.25) is 5.82 Å². The molecule has 6 nitrogen and oxygen atoms in total. The number of aromatic amines is 1. The lowest BCUT2D eigenvalue weighted by Crippen LogP contribution is -2.43. The van der Waals surface area contributed by atoms with Crippen molar-refractivity contribution in [3.8, 4) is 0 Å². The van der Waals surface area contributed by atoms with E-state index in [0.29, 0.717) is 17.8 Å². The molecule has 1 atom stereocenters. The first-order valence-corrected chi connectivity index (χ1v) is 8.04. The first-order valence-electron chi connectivity index (χ1n) is 8.04. The molecule has 1 fully saturated rings. The maximum Gasteiger partial charge on any atom is 0.293 e. The van der Waals surface area contributed by atoms with Gasteiger partial charge in [0.25, 0.3) is 5.91 Å². The van der Waals surface area contributed by atoms with Gasteiger partial charge >= 0.3 is 0 Å². The second kappa shape index (κ2) is 7.54. The highest BCUT2D eigenvalue weighted by atomic mass is 16.2. The fraction of sp³-hybridized carbons (Fsp3) is 0.800. The number of H-pyrrole nitrogens is 1. The third-order valence-electron chi connectivity index (χ3n) is 3.69. The average Bonchev–Trinajstić information content (AvgIpc) is 3.08. The molecule has 0 bridgehead atoms. The van der Waals surface area contributed by atoms with Gasteiger partial charge in [0.15, 0.2) is 0 Å². The van der Waals surface area contributed by atoms with Crippen LogP contribution in [0.15, 0.2) is 0 Å². The quantitative estimate of drug-likeness (QED) is 0.801. The number of amides is 1. The summed E-state index contributed by atoms with van der Waals surface area (Å²) in [4.78, 5) is 18.9. The Labute approximate surface area is 126 Å². The van der Waals surface area contributed by atoms with Crippen molar-refractivity contribution in [3.05, 3.63) is 11.6 Å². The number of nitrogens with zero attached hydrogens (tertiary/aromatic N) is 3. The Kier molecular flexibility index (Phi) is 5.73. The Morgan fingerprint density at radius 1 is 1.48 bits per heavy atom. The smallest absolute Gasteiger partial charge is 0.293 e. The summed E-state index contributed by atoms with van der Waals surface area (Å²) >= 11 is 0. The maximum atomic E-state index is 12.6. The molecular formula is C15H27N5O. The number of aryl methyl sites for hydroxylation is 1. The molecule has 1 aromatic heterocycles. The van der Waals surface area contributed by atoms with Crippen LogP contribution in [0.4, 0.5) is 0 Å². The highest BCUT2D eigenvalue weighted by Crippen LogP contribution is 2.11. The summed E-state index contributed by atoms with van der Waals surface area (Å²) in [5, 5.41) is 10.4. The molecule has 2 rings (SSSR count). The number of aromatic nitrogens is 3. The topological polar surface area (TPSA) is 73.9 Å². The van der Waals surface area contributed by atoms with Crippen molar-refractivity contribution in [3.63, 3.8) is 0 Å². The lowest BCUT2D eigenvalue weighted by atomic mass is 10.1. The Morgan fingerprint density at radius 2 is 2.29 bits per heavy atom. The molecule has 1 unspecified atom stereocenters. The van der Waals surface area contributed by atoms with Crippen LogP contribution >= 0.6 is 0 Å². The van der Waals surface area contributed by atoms with Crippen LogP contribution in [0.25, 0.3) is 0 Å². The van der Waals surface area contributed by atoms with Crippen molar-refractivity contribution >= 4 is 5.91 Å². The van der Waals surface area contributed by atoms with Crippen molar-refractivity contribution in [2.24, 2.45) is 5.92 Å². The summed E-state index contributed by atoms with van der Waals surface area (Å²) in [7, 11) is 0. The van der Waals surface area contributed by atoms with E-state index in [1.165, 1.54) is 6.42 Å². The van der Waals surface area contributed by atoms with Crippen LogP contribution in [0, 0.1) is 5.92 Å². The summed E-state index contributed by atoms with van der Waals surface area (Å²) in [6, 6.07) is 0.404. The summed E-state index contributed by atoms with van der Waals surface area (Å²) in [5.74, 6) is 1.47. The normalized spacial score (nSPS) is 18.4. The van der Waals surface area contributed by atoms with E-state index < -0.39 is 0 Å². The SMILES string of the molecule is CCCc1nc(C(=O)N(CC(C)C)CC2CCCN2)n[nH]1. The van der Waals surface area contributed by atoms with Gasteiger partial charge in [-0.1, -0.05) is 20.8 Å². The molecule has 1 aliphatic rings. The van der Waals surface area contributed by atoms with Gasteiger partial charge in [0.05, 0.1) is 0 Å². The average molecular weight is 293 g/mol. The minimum Gasteiger partial charge on any atom is -0.334 e. The molecule has 6 heteroatoms. The molecule has 1 amide bonds. The van der Waals surface area contributed by atoms with Crippen LogP contribution in [-0.2, 0) is 6.42 Å².